The number of primary amides is 1. The van der Waals surface area contributed by atoms with E-state index in [4.69, 9.17) is 10.8 Å². The molecule has 74 valence electrons. The lowest BCUT2D eigenvalue weighted by molar-refractivity contribution is 0.100. The zero-order valence-electron chi connectivity index (χ0n) is 7.97. The second-order valence-electron chi connectivity index (χ2n) is 3.09. The van der Waals surface area contributed by atoms with E-state index in [1.54, 1.807) is 43.3 Å². The van der Waals surface area contributed by atoms with E-state index in [0.29, 0.717) is 5.56 Å². The van der Waals surface area contributed by atoms with Crippen LogP contribution in [0.5, 0.6) is 0 Å². The van der Waals surface area contributed by atoms with Crippen molar-refractivity contribution >= 4 is 12.0 Å². The van der Waals surface area contributed by atoms with Crippen molar-refractivity contribution in [1.82, 2.24) is 0 Å². The summed E-state index contributed by atoms with van der Waals surface area (Å²) in [4.78, 5) is 10.7. The number of hydrogen-bond donors (Lipinski definition) is 2. The first-order valence-electron chi connectivity index (χ1n) is 4.36. The Bertz CT molecular complexity index is 339. The molecule has 3 heteroatoms. The molecule has 1 rings (SSSR count). The zero-order valence-corrected chi connectivity index (χ0v) is 7.97. The van der Waals surface area contributed by atoms with Gasteiger partial charge in [-0.25, -0.2) is 0 Å². The first-order valence-corrected chi connectivity index (χ1v) is 4.36. The Morgan fingerprint density at radius 1 is 1.43 bits per heavy atom. The van der Waals surface area contributed by atoms with E-state index in [2.05, 4.69) is 0 Å². The van der Waals surface area contributed by atoms with Gasteiger partial charge in [-0.3, -0.25) is 4.79 Å². The minimum Gasteiger partial charge on any atom is -0.389 e. The summed E-state index contributed by atoms with van der Waals surface area (Å²) < 4.78 is 0. The number of hydrogen-bond acceptors (Lipinski definition) is 2. The molecule has 1 aromatic rings. The molecule has 0 heterocycles. The Labute approximate surface area is 82.9 Å². The second kappa shape index (κ2) is 4.58. The molecular weight excluding hydrogens is 178 g/mol. The van der Waals surface area contributed by atoms with Gasteiger partial charge in [-0.15, -0.1) is 0 Å². The standard InChI is InChI=1S/C11H13NO2/c1-8(13)2-3-9-4-6-10(7-5-9)11(12)14/h2-8,13H,1H3,(H2,12,14)/b3-2+. The minimum atomic E-state index is -0.467. The quantitative estimate of drug-likeness (QED) is 0.753. The molecule has 1 amide bonds. The second-order valence-corrected chi connectivity index (χ2v) is 3.09. The summed E-state index contributed by atoms with van der Waals surface area (Å²) in [5, 5.41) is 9.00. The number of carbonyl (C=O) groups is 1. The Balaban J connectivity index is 2.78. The van der Waals surface area contributed by atoms with Gasteiger partial charge in [-0.1, -0.05) is 24.3 Å². The maximum Gasteiger partial charge on any atom is 0.248 e. The van der Waals surface area contributed by atoms with Crippen molar-refractivity contribution in [1.29, 1.82) is 0 Å². The van der Waals surface area contributed by atoms with Crippen LogP contribution in [0.3, 0.4) is 0 Å². The normalized spacial score (nSPS) is 13.0. The third-order valence-corrected chi connectivity index (χ3v) is 1.76. The number of nitrogens with two attached hydrogens (primary N) is 1. The summed E-state index contributed by atoms with van der Waals surface area (Å²) in [5.41, 5.74) is 6.50. The van der Waals surface area contributed by atoms with Gasteiger partial charge >= 0.3 is 0 Å². The predicted molar refractivity (Wildman–Crippen MR) is 55.7 cm³/mol. The summed E-state index contributed by atoms with van der Waals surface area (Å²) >= 11 is 0. The lowest BCUT2D eigenvalue weighted by atomic mass is 10.1. The highest BCUT2D eigenvalue weighted by molar-refractivity contribution is 5.92. The molecule has 1 unspecified atom stereocenters. The Hall–Kier alpha value is -1.61. The van der Waals surface area contributed by atoms with Crippen molar-refractivity contribution in [2.75, 3.05) is 0 Å². The summed E-state index contributed by atoms with van der Waals surface area (Å²) in [7, 11) is 0. The topological polar surface area (TPSA) is 63.3 Å². The van der Waals surface area contributed by atoms with E-state index in [1.807, 2.05) is 0 Å². The maximum atomic E-state index is 10.7. The van der Waals surface area contributed by atoms with Gasteiger partial charge in [0.25, 0.3) is 0 Å². The molecule has 3 nitrogen and oxygen atoms in total. The molecule has 0 saturated heterocycles. The summed E-state index contributed by atoms with van der Waals surface area (Å²) in [6.45, 7) is 1.67. The number of benzene rings is 1. The Morgan fingerprint density at radius 2 is 2.00 bits per heavy atom. The number of rotatable bonds is 3. The molecule has 0 fully saturated rings. The average Bonchev–Trinajstić information content (AvgIpc) is 2.15. The number of aliphatic hydroxyl groups excluding tert-OH is 1. The SMILES string of the molecule is CC(O)/C=C/c1ccc(C(N)=O)cc1. The van der Waals surface area contributed by atoms with Crippen LogP contribution in [0.25, 0.3) is 6.08 Å². The van der Waals surface area contributed by atoms with Crippen LogP contribution in [-0.4, -0.2) is 17.1 Å². The summed E-state index contributed by atoms with van der Waals surface area (Å²) in [6, 6.07) is 6.87. The van der Waals surface area contributed by atoms with Crippen molar-refractivity contribution in [3.63, 3.8) is 0 Å². The largest absolute Gasteiger partial charge is 0.389 e. The van der Waals surface area contributed by atoms with Gasteiger partial charge in [0.05, 0.1) is 6.10 Å². The summed E-state index contributed by atoms with van der Waals surface area (Å²) in [5.74, 6) is -0.434. The average molecular weight is 191 g/mol. The van der Waals surface area contributed by atoms with Crippen molar-refractivity contribution in [2.45, 2.75) is 13.0 Å². The molecule has 3 N–H and O–H groups in total. The first-order chi connectivity index (χ1) is 6.59. The van der Waals surface area contributed by atoms with Crippen LogP contribution in [0.4, 0.5) is 0 Å². The van der Waals surface area contributed by atoms with Gasteiger partial charge in [-0.05, 0) is 24.6 Å². The molecule has 0 aromatic heterocycles. The molecule has 14 heavy (non-hydrogen) atoms. The molecular formula is C11H13NO2. The lowest BCUT2D eigenvalue weighted by Gasteiger charge is -1.97. The third kappa shape index (κ3) is 3.03. The molecule has 0 aliphatic rings. The van der Waals surface area contributed by atoms with Gasteiger partial charge in [0.15, 0.2) is 0 Å². The number of amides is 1. The summed E-state index contributed by atoms with van der Waals surface area (Å²) in [6.07, 6.45) is 2.99. The van der Waals surface area contributed by atoms with E-state index in [1.165, 1.54) is 0 Å². The van der Waals surface area contributed by atoms with Gasteiger partial charge in [0.2, 0.25) is 5.91 Å². The highest BCUT2D eigenvalue weighted by Gasteiger charge is 1.97. The number of carbonyl (C=O) groups excluding carboxylic acids is 1. The molecule has 0 bridgehead atoms. The molecule has 0 aliphatic carbocycles. The van der Waals surface area contributed by atoms with E-state index >= 15 is 0 Å². The molecule has 0 aliphatic heterocycles. The van der Waals surface area contributed by atoms with Crippen LogP contribution >= 0.6 is 0 Å². The van der Waals surface area contributed by atoms with Crippen molar-refractivity contribution in [3.8, 4) is 0 Å². The fourth-order valence-corrected chi connectivity index (χ4v) is 1.01. The fraction of sp³-hybridized carbons (Fsp3) is 0.182. The van der Waals surface area contributed by atoms with Crippen LogP contribution < -0.4 is 5.73 Å². The third-order valence-electron chi connectivity index (χ3n) is 1.76. The van der Waals surface area contributed by atoms with Crippen LogP contribution in [0, 0.1) is 0 Å². The Kier molecular flexibility index (Phi) is 3.42. The Morgan fingerprint density at radius 3 is 2.43 bits per heavy atom. The van der Waals surface area contributed by atoms with E-state index in [-0.39, 0.29) is 0 Å². The van der Waals surface area contributed by atoms with Gasteiger partial charge in [-0.2, -0.15) is 0 Å². The highest BCUT2D eigenvalue weighted by Crippen LogP contribution is 2.06. The lowest BCUT2D eigenvalue weighted by Crippen LogP contribution is -2.10. The van der Waals surface area contributed by atoms with Crippen LogP contribution in [0.1, 0.15) is 22.8 Å². The molecule has 0 radical (unpaired) electrons. The van der Waals surface area contributed by atoms with Crippen molar-refractivity contribution in [2.24, 2.45) is 5.73 Å². The van der Waals surface area contributed by atoms with Crippen LogP contribution in [0.2, 0.25) is 0 Å². The molecule has 1 atom stereocenters. The van der Waals surface area contributed by atoms with Gasteiger partial charge in [0, 0.05) is 5.56 Å². The van der Waals surface area contributed by atoms with Crippen LogP contribution in [-0.2, 0) is 0 Å². The first kappa shape index (κ1) is 10.5. The van der Waals surface area contributed by atoms with Crippen LogP contribution in [0.15, 0.2) is 30.3 Å². The molecule has 1 aromatic carbocycles. The van der Waals surface area contributed by atoms with Gasteiger partial charge < -0.3 is 10.8 Å². The highest BCUT2D eigenvalue weighted by atomic mass is 16.3. The minimum absolute atomic E-state index is 0.434. The van der Waals surface area contributed by atoms with E-state index < -0.39 is 12.0 Å². The van der Waals surface area contributed by atoms with Crippen molar-refractivity contribution in [3.05, 3.63) is 41.5 Å². The monoisotopic (exact) mass is 191 g/mol. The number of aliphatic hydroxyl groups is 1. The fourth-order valence-electron chi connectivity index (χ4n) is 1.01. The van der Waals surface area contributed by atoms with E-state index in [9.17, 15) is 4.79 Å². The van der Waals surface area contributed by atoms with E-state index in [0.717, 1.165) is 5.56 Å². The molecule has 0 spiro atoms. The molecule has 0 saturated carbocycles. The predicted octanol–water partition coefficient (Wildman–Crippen LogP) is 1.18. The van der Waals surface area contributed by atoms with Gasteiger partial charge in [0.1, 0.15) is 0 Å². The zero-order chi connectivity index (χ0) is 10.6. The smallest absolute Gasteiger partial charge is 0.248 e. The van der Waals surface area contributed by atoms with Crippen molar-refractivity contribution < 1.29 is 9.90 Å². The maximum absolute atomic E-state index is 10.7.